The first-order valence-corrected chi connectivity index (χ1v) is 2.59. The average molecular weight is 93.1 g/mol. The lowest BCUT2D eigenvalue weighted by molar-refractivity contribution is 0.868. The predicted octanol–water partition coefficient (Wildman–Crippen LogP) is 1.02. The zero-order chi connectivity index (χ0) is 4.85. The van der Waals surface area contributed by atoms with Gasteiger partial charge in [-0.1, -0.05) is 12.2 Å². The van der Waals surface area contributed by atoms with Crippen molar-refractivity contribution in [1.29, 1.82) is 0 Å². The summed E-state index contributed by atoms with van der Waals surface area (Å²) < 4.78 is 0. The lowest BCUT2D eigenvalue weighted by Gasteiger charge is -1.77. The Hall–Kier alpha value is -0.590. The van der Waals surface area contributed by atoms with Crippen molar-refractivity contribution in [3.8, 4) is 0 Å². The summed E-state index contributed by atoms with van der Waals surface area (Å²) in [4.78, 5) is 4.03. The average Bonchev–Trinajstić information content (AvgIpc) is 2.23. The largest absolute Gasteiger partial charge is 0.286 e. The van der Waals surface area contributed by atoms with Crippen LogP contribution in [0.4, 0.5) is 0 Å². The van der Waals surface area contributed by atoms with Gasteiger partial charge in [0.15, 0.2) is 0 Å². The highest BCUT2D eigenvalue weighted by Crippen LogP contribution is 2.42. The van der Waals surface area contributed by atoms with Gasteiger partial charge in [0.25, 0.3) is 0 Å². The Morgan fingerprint density at radius 3 is 2.57 bits per heavy atom. The molecule has 2 aliphatic rings. The minimum Gasteiger partial charge on any atom is -0.286 e. The molecule has 1 heterocycles. The van der Waals surface area contributed by atoms with Crippen LogP contribution in [0.2, 0.25) is 0 Å². The molecule has 0 saturated heterocycles. The van der Waals surface area contributed by atoms with Gasteiger partial charge in [-0.2, -0.15) is 0 Å². The van der Waals surface area contributed by atoms with E-state index in [4.69, 9.17) is 0 Å². The third kappa shape index (κ3) is 0.408. The highest BCUT2D eigenvalue weighted by molar-refractivity contribution is 5.80. The van der Waals surface area contributed by atoms with Crippen molar-refractivity contribution in [3.05, 3.63) is 12.2 Å². The molecule has 0 radical (unpaired) electrons. The zero-order valence-corrected chi connectivity index (χ0v) is 4.09. The van der Waals surface area contributed by atoms with Crippen LogP contribution in [0.1, 0.15) is 6.42 Å². The molecule has 1 aliphatic heterocycles. The minimum atomic E-state index is 0.590. The third-order valence-electron chi connectivity index (χ3n) is 1.58. The Morgan fingerprint density at radius 2 is 2.43 bits per heavy atom. The van der Waals surface area contributed by atoms with Crippen molar-refractivity contribution in [2.75, 3.05) is 0 Å². The molecule has 0 aromatic heterocycles. The molecule has 36 valence electrons. The lowest BCUT2D eigenvalue weighted by Crippen LogP contribution is -1.87. The summed E-state index contributed by atoms with van der Waals surface area (Å²) in [6, 6.07) is 0.590. The third-order valence-corrected chi connectivity index (χ3v) is 1.58. The number of rotatable bonds is 1. The second kappa shape index (κ2) is 0.808. The van der Waals surface area contributed by atoms with Crippen LogP contribution >= 0.6 is 0 Å². The Bertz CT molecular complexity index is 140. The van der Waals surface area contributed by atoms with Gasteiger partial charge in [-0.05, 0) is 6.42 Å². The van der Waals surface area contributed by atoms with E-state index in [2.05, 4.69) is 11.6 Å². The molecule has 1 unspecified atom stereocenters. The Balaban J connectivity index is 2.00. The highest BCUT2D eigenvalue weighted by Gasteiger charge is 2.38. The molecule has 0 spiro atoms. The summed E-state index contributed by atoms with van der Waals surface area (Å²) in [6.07, 6.45) is 3.23. The van der Waals surface area contributed by atoms with E-state index in [1.54, 1.807) is 0 Å². The van der Waals surface area contributed by atoms with E-state index in [1.165, 1.54) is 12.0 Å². The first kappa shape index (κ1) is 3.42. The molecule has 1 fully saturated rings. The van der Waals surface area contributed by atoms with Crippen LogP contribution in [-0.2, 0) is 0 Å². The normalized spacial score (nSPS) is 44.3. The maximum absolute atomic E-state index is 4.03. The number of aliphatic imine (C=N–C) groups is 1. The number of hydrogen-bond acceptors (Lipinski definition) is 1. The molecule has 1 nitrogen and oxygen atoms in total. The quantitative estimate of drug-likeness (QED) is 0.429. The molecule has 0 bridgehead atoms. The fraction of sp³-hybridized carbons (Fsp3) is 0.500. The van der Waals surface area contributed by atoms with Crippen LogP contribution in [0.15, 0.2) is 17.1 Å². The molecule has 2 atom stereocenters. The molecule has 7 heavy (non-hydrogen) atoms. The summed E-state index contributed by atoms with van der Waals surface area (Å²) in [7, 11) is 0. The van der Waals surface area contributed by atoms with Gasteiger partial charge in [-0.3, -0.25) is 4.99 Å². The first-order chi connectivity index (χ1) is 3.38. The molecule has 0 aromatic rings. The molecule has 0 N–H and O–H groups in total. The number of hydrogen-bond donors (Lipinski definition) is 0. The maximum atomic E-state index is 4.03. The summed E-state index contributed by atoms with van der Waals surface area (Å²) in [5.74, 6) is 0.764. The van der Waals surface area contributed by atoms with E-state index in [0.29, 0.717) is 6.04 Å². The monoisotopic (exact) mass is 93.1 g/mol. The van der Waals surface area contributed by atoms with Crippen molar-refractivity contribution in [3.63, 3.8) is 0 Å². The molecule has 1 saturated carbocycles. The van der Waals surface area contributed by atoms with Gasteiger partial charge in [0.2, 0.25) is 0 Å². The van der Waals surface area contributed by atoms with Crippen LogP contribution in [-0.4, -0.2) is 12.3 Å². The van der Waals surface area contributed by atoms with Crippen LogP contribution < -0.4 is 0 Å². The molecule has 1 aliphatic carbocycles. The second-order valence-electron chi connectivity index (χ2n) is 2.26. The van der Waals surface area contributed by atoms with E-state index in [9.17, 15) is 0 Å². The minimum absolute atomic E-state index is 0.590. The predicted molar refractivity (Wildman–Crippen MR) is 29.5 cm³/mol. The van der Waals surface area contributed by atoms with E-state index in [0.717, 1.165) is 5.92 Å². The summed E-state index contributed by atoms with van der Waals surface area (Å²) in [5, 5.41) is 0. The molecule has 1 heteroatoms. The Morgan fingerprint density at radius 1 is 1.86 bits per heavy atom. The van der Waals surface area contributed by atoms with Gasteiger partial charge < -0.3 is 0 Å². The van der Waals surface area contributed by atoms with Gasteiger partial charge in [0, 0.05) is 12.1 Å². The number of nitrogens with zero attached hydrogens (tertiary/aromatic N) is 1. The zero-order valence-electron chi connectivity index (χ0n) is 4.09. The van der Waals surface area contributed by atoms with E-state index in [-0.39, 0.29) is 0 Å². The molecule has 2 rings (SSSR count). The van der Waals surface area contributed by atoms with Crippen LogP contribution in [0.25, 0.3) is 0 Å². The van der Waals surface area contributed by atoms with Gasteiger partial charge in [-0.15, -0.1) is 0 Å². The van der Waals surface area contributed by atoms with Crippen molar-refractivity contribution in [2.45, 2.75) is 12.5 Å². The molecular formula is C6H7N. The van der Waals surface area contributed by atoms with Crippen LogP contribution in [0, 0.1) is 5.92 Å². The van der Waals surface area contributed by atoms with Crippen molar-refractivity contribution < 1.29 is 0 Å². The van der Waals surface area contributed by atoms with Crippen molar-refractivity contribution >= 4 is 6.21 Å². The Kier molecular flexibility index (Phi) is 0.394. The topological polar surface area (TPSA) is 12.4 Å². The standard InChI is InChI=1S/C6H7N/c1-4-2-5(4)6-3-7-6/h3,5-6H,1-2H2/t5?,6-/m0/s1. The van der Waals surface area contributed by atoms with Crippen molar-refractivity contribution in [2.24, 2.45) is 10.9 Å². The fourth-order valence-corrected chi connectivity index (χ4v) is 0.843. The molecule has 0 amide bonds. The summed E-state index contributed by atoms with van der Waals surface area (Å²) >= 11 is 0. The first-order valence-electron chi connectivity index (χ1n) is 2.59. The lowest BCUT2D eigenvalue weighted by atomic mass is 10.3. The molecule has 0 aromatic carbocycles. The maximum Gasteiger partial charge on any atom is 0.0911 e. The van der Waals surface area contributed by atoms with Crippen LogP contribution in [0.5, 0.6) is 0 Å². The van der Waals surface area contributed by atoms with Gasteiger partial charge in [0.05, 0.1) is 6.04 Å². The summed E-state index contributed by atoms with van der Waals surface area (Å²) in [5.41, 5.74) is 1.39. The molecular weight excluding hydrogens is 86.1 g/mol. The second-order valence-corrected chi connectivity index (χ2v) is 2.26. The van der Waals surface area contributed by atoms with Gasteiger partial charge in [-0.25, -0.2) is 0 Å². The summed E-state index contributed by atoms with van der Waals surface area (Å²) in [6.45, 7) is 3.83. The van der Waals surface area contributed by atoms with Crippen molar-refractivity contribution in [1.82, 2.24) is 0 Å². The SMILES string of the molecule is C=C1CC1[C@@H]1C=N1. The van der Waals surface area contributed by atoms with Crippen LogP contribution in [0.3, 0.4) is 0 Å². The van der Waals surface area contributed by atoms with E-state index >= 15 is 0 Å². The smallest absolute Gasteiger partial charge is 0.0911 e. The van der Waals surface area contributed by atoms with Gasteiger partial charge in [0.1, 0.15) is 0 Å². The van der Waals surface area contributed by atoms with E-state index < -0.39 is 0 Å². The fourth-order valence-electron chi connectivity index (χ4n) is 0.843. The van der Waals surface area contributed by atoms with Gasteiger partial charge >= 0.3 is 0 Å². The highest BCUT2D eigenvalue weighted by atomic mass is 14.9. The Labute approximate surface area is 42.8 Å². The van der Waals surface area contributed by atoms with E-state index in [1.807, 2.05) is 6.21 Å².